The Morgan fingerprint density at radius 1 is 1.04 bits per heavy atom. The summed E-state index contributed by atoms with van der Waals surface area (Å²) in [4.78, 5) is 0. The van der Waals surface area contributed by atoms with Crippen molar-refractivity contribution in [2.45, 2.75) is 34.2 Å². The number of nitrogens with zero attached hydrogens (tertiary/aromatic N) is 4. The standard InChI is InChI=1S/C15H15ClN4OS3/c1-2-3-8-22-14-19-20-15(24-14)23-9-12-17-18-13(21-12)10-4-6-11(16)7-5-10/h4-7H,2-3,8-9H2,1H3. The fourth-order valence-corrected chi connectivity index (χ4v) is 4.90. The molecule has 0 atom stereocenters. The van der Waals surface area contributed by atoms with E-state index in [4.69, 9.17) is 16.0 Å². The predicted molar refractivity (Wildman–Crippen MR) is 99.8 cm³/mol. The van der Waals surface area contributed by atoms with Gasteiger partial charge in [-0.15, -0.1) is 20.4 Å². The number of hydrogen-bond acceptors (Lipinski definition) is 8. The zero-order valence-electron chi connectivity index (χ0n) is 12.9. The van der Waals surface area contributed by atoms with Gasteiger partial charge in [-0.3, -0.25) is 0 Å². The largest absolute Gasteiger partial charge is 0.420 e. The first-order valence-electron chi connectivity index (χ1n) is 7.42. The molecule has 5 nitrogen and oxygen atoms in total. The molecule has 9 heteroatoms. The minimum absolute atomic E-state index is 0.496. The Morgan fingerprint density at radius 2 is 1.79 bits per heavy atom. The lowest BCUT2D eigenvalue weighted by molar-refractivity contribution is 0.528. The van der Waals surface area contributed by atoms with Gasteiger partial charge in [0, 0.05) is 16.3 Å². The van der Waals surface area contributed by atoms with Crippen LogP contribution in [0.25, 0.3) is 11.5 Å². The van der Waals surface area contributed by atoms with Crippen LogP contribution in [0.2, 0.25) is 5.02 Å². The molecule has 0 saturated heterocycles. The van der Waals surface area contributed by atoms with Gasteiger partial charge in [-0.2, -0.15) is 0 Å². The Bertz CT molecular complexity index is 775. The fourth-order valence-electron chi connectivity index (χ4n) is 1.76. The van der Waals surface area contributed by atoms with Crippen LogP contribution in [0.1, 0.15) is 25.7 Å². The van der Waals surface area contributed by atoms with E-state index < -0.39 is 0 Å². The first kappa shape index (κ1) is 17.7. The van der Waals surface area contributed by atoms with E-state index >= 15 is 0 Å². The van der Waals surface area contributed by atoms with Crippen LogP contribution in [0.3, 0.4) is 0 Å². The molecule has 0 amide bonds. The summed E-state index contributed by atoms with van der Waals surface area (Å²) in [5.74, 6) is 2.73. The molecule has 24 heavy (non-hydrogen) atoms. The van der Waals surface area contributed by atoms with Crippen LogP contribution in [0.5, 0.6) is 0 Å². The van der Waals surface area contributed by atoms with Gasteiger partial charge in [0.1, 0.15) is 0 Å². The van der Waals surface area contributed by atoms with Crippen molar-refractivity contribution in [3.05, 3.63) is 35.2 Å². The molecular weight excluding hydrogens is 384 g/mol. The van der Waals surface area contributed by atoms with Crippen LogP contribution in [-0.4, -0.2) is 26.1 Å². The fraction of sp³-hybridized carbons (Fsp3) is 0.333. The van der Waals surface area contributed by atoms with E-state index in [1.54, 1.807) is 47.0 Å². The van der Waals surface area contributed by atoms with Crippen molar-refractivity contribution in [3.63, 3.8) is 0 Å². The van der Waals surface area contributed by atoms with Crippen LogP contribution in [0.4, 0.5) is 0 Å². The average Bonchev–Trinajstić information content (AvgIpc) is 3.23. The van der Waals surface area contributed by atoms with Gasteiger partial charge in [-0.05, 0) is 30.7 Å². The van der Waals surface area contributed by atoms with Crippen molar-refractivity contribution >= 4 is 46.5 Å². The average molecular weight is 399 g/mol. The second-order valence-corrected chi connectivity index (χ2v) is 8.81. The van der Waals surface area contributed by atoms with Gasteiger partial charge in [-0.25, -0.2) is 0 Å². The lowest BCUT2D eigenvalue weighted by Gasteiger charge is -1.94. The molecule has 0 fully saturated rings. The maximum absolute atomic E-state index is 5.88. The predicted octanol–water partition coefficient (Wildman–Crippen LogP) is 5.43. The van der Waals surface area contributed by atoms with Crippen molar-refractivity contribution < 1.29 is 4.42 Å². The van der Waals surface area contributed by atoms with Gasteiger partial charge in [0.15, 0.2) is 8.68 Å². The van der Waals surface area contributed by atoms with Crippen LogP contribution in [0, 0.1) is 0 Å². The van der Waals surface area contributed by atoms with E-state index in [1.807, 2.05) is 12.1 Å². The molecule has 0 N–H and O–H groups in total. The SMILES string of the molecule is CCCCSc1nnc(SCc2nnc(-c3ccc(Cl)cc3)o2)s1. The maximum atomic E-state index is 5.88. The summed E-state index contributed by atoms with van der Waals surface area (Å²) in [5.41, 5.74) is 0.855. The summed E-state index contributed by atoms with van der Waals surface area (Å²) in [6.07, 6.45) is 2.39. The van der Waals surface area contributed by atoms with Crippen LogP contribution in [-0.2, 0) is 5.75 Å². The van der Waals surface area contributed by atoms with Crippen LogP contribution >= 0.6 is 46.5 Å². The first-order chi connectivity index (χ1) is 11.7. The number of benzene rings is 1. The number of halogens is 1. The van der Waals surface area contributed by atoms with Gasteiger partial charge in [0.25, 0.3) is 0 Å². The number of aromatic nitrogens is 4. The lowest BCUT2D eigenvalue weighted by Crippen LogP contribution is -1.80. The maximum Gasteiger partial charge on any atom is 0.247 e. The Kier molecular flexibility index (Phi) is 6.53. The highest BCUT2D eigenvalue weighted by atomic mass is 35.5. The molecule has 0 aliphatic carbocycles. The summed E-state index contributed by atoms with van der Waals surface area (Å²) in [7, 11) is 0. The van der Waals surface area contributed by atoms with Gasteiger partial charge in [0.2, 0.25) is 11.8 Å². The second-order valence-electron chi connectivity index (χ2n) is 4.83. The minimum Gasteiger partial charge on any atom is -0.420 e. The van der Waals surface area contributed by atoms with Gasteiger partial charge >= 0.3 is 0 Å². The zero-order valence-corrected chi connectivity index (χ0v) is 16.1. The third-order valence-corrected chi connectivity index (χ3v) is 6.50. The van der Waals surface area contributed by atoms with E-state index in [9.17, 15) is 0 Å². The molecule has 0 bridgehead atoms. The molecule has 2 heterocycles. The molecule has 1 aromatic carbocycles. The number of thioether (sulfide) groups is 2. The molecule has 0 radical (unpaired) electrons. The van der Waals surface area contributed by atoms with E-state index in [0.717, 1.165) is 20.0 Å². The van der Waals surface area contributed by atoms with Crippen molar-refractivity contribution in [2.75, 3.05) is 5.75 Å². The highest BCUT2D eigenvalue weighted by molar-refractivity contribution is 8.02. The van der Waals surface area contributed by atoms with Gasteiger partial charge in [0.05, 0.1) is 5.75 Å². The quantitative estimate of drug-likeness (QED) is 0.370. The van der Waals surface area contributed by atoms with Crippen molar-refractivity contribution in [3.8, 4) is 11.5 Å². The number of hydrogen-bond donors (Lipinski definition) is 0. The molecule has 0 saturated carbocycles. The summed E-state index contributed by atoms with van der Waals surface area (Å²) in [6, 6.07) is 7.32. The summed E-state index contributed by atoms with van der Waals surface area (Å²) < 4.78 is 7.61. The smallest absolute Gasteiger partial charge is 0.247 e. The highest BCUT2D eigenvalue weighted by Gasteiger charge is 2.11. The first-order valence-corrected chi connectivity index (χ1v) is 10.6. The lowest BCUT2D eigenvalue weighted by atomic mass is 10.2. The molecule has 0 spiro atoms. The van der Waals surface area contributed by atoms with Gasteiger partial charge in [-0.1, -0.05) is 59.8 Å². The minimum atomic E-state index is 0.496. The van der Waals surface area contributed by atoms with Crippen molar-refractivity contribution in [1.29, 1.82) is 0 Å². The summed E-state index contributed by atoms with van der Waals surface area (Å²) in [5, 5.41) is 17.2. The molecule has 2 aromatic heterocycles. The molecular formula is C15H15ClN4OS3. The summed E-state index contributed by atoms with van der Waals surface area (Å²) in [6.45, 7) is 2.19. The molecule has 0 aliphatic heterocycles. The number of unbranched alkanes of at least 4 members (excludes halogenated alkanes) is 1. The molecule has 0 unspecified atom stereocenters. The second kappa shape index (κ2) is 8.84. The van der Waals surface area contributed by atoms with E-state index in [0.29, 0.717) is 22.6 Å². The van der Waals surface area contributed by atoms with E-state index in [1.165, 1.54) is 12.8 Å². The Balaban J connectivity index is 1.54. The van der Waals surface area contributed by atoms with Crippen LogP contribution < -0.4 is 0 Å². The molecule has 126 valence electrons. The third kappa shape index (κ3) is 4.95. The van der Waals surface area contributed by atoms with Crippen LogP contribution in [0.15, 0.2) is 37.4 Å². The van der Waals surface area contributed by atoms with E-state index in [-0.39, 0.29) is 0 Å². The van der Waals surface area contributed by atoms with Crippen molar-refractivity contribution in [1.82, 2.24) is 20.4 Å². The Hall–Kier alpha value is -1.09. The molecule has 3 aromatic rings. The topological polar surface area (TPSA) is 64.7 Å². The monoisotopic (exact) mass is 398 g/mol. The summed E-state index contributed by atoms with van der Waals surface area (Å²) >= 11 is 10.8. The number of rotatable bonds is 8. The van der Waals surface area contributed by atoms with E-state index in [2.05, 4.69) is 27.3 Å². The molecule has 0 aliphatic rings. The zero-order chi connectivity index (χ0) is 16.8. The Morgan fingerprint density at radius 3 is 2.54 bits per heavy atom. The molecule has 3 rings (SSSR count). The Labute approximate surface area is 157 Å². The van der Waals surface area contributed by atoms with Crippen molar-refractivity contribution in [2.24, 2.45) is 0 Å². The normalized spacial score (nSPS) is 11.1. The highest BCUT2D eigenvalue weighted by Crippen LogP contribution is 2.31. The third-order valence-electron chi connectivity index (χ3n) is 2.99. The van der Waals surface area contributed by atoms with Gasteiger partial charge < -0.3 is 4.42 Å².